The average Bonchev–Trinajstić information content (AvgIpc) is 3.88. The number of fused-ring (bicyclic) bond motifs is 9. The lowest BCUT2D eigenvalue weighted by atomic mass is 9.61. The molecule has 2 unspecified atom stereocenters. The molecule has 0 amide bonds. The molecular formula is C60H41N5. The Morgan fingerprint density at radius 2 is 0.954 bits per heavy atom. The Morgan fingerprint density at radius 1 is 0.415 bits per heavy atom. The molecule has 2 aliphatic carbocycles. The number of benzene rings is 8. The Bertz CT molecular complexity index is 3720. The third-order valence-corrected chi connectivity index (χ3v) is 13.7. The fourth-order valence-corrected chi connectivity index (χ4v) is 10.6. The summed E-state index contributed by atoms with van der Waals surface area (Å²) in [7, 11) is 0. The zero-order valence-electron chi connectivity index (χ0n) is 35.7. The molecule has 5 nitrogen and oxygen atoms in total. The van der Waals surface area contributed by atoms with Gasteiger partial charge in [0.15, 0.2) is 17.5 Å². The number of aromatic nitrogens is 5. The normalized spacial score (nSPS) is 16.6. The summed E-state index contributed by atoms with van der Waals surface area (Å²) in [4.78, 5) is 15.1. The van der Waals surface area contributed by atoms with Crippen molar-refractivity contribution in [3.8, 4) is 45.5 Å². The van der Waals surface area contributed by atoms with Gasteiger partial charge in [-0.3, -0.25) is 0 Å². The second kappa shape index (κ2) is 14.6. The van der Waals surface area contributed by atoms with Gasteiger partial charge in [0.25, 0.3) is 0 Å². The predicted molar refractivity (Wildman–Crippen MR) is 268 cm³/mol. The van der Waals surface area contributed by atoms with E-state index in [1.165, 1.54) is 54.8 Å². The van der Waals surface area contributed by atoms with E-state index in [9.17, 15) is 0 Å². The average molecular weight is 832 g/mol. The zero-order valence-corrected chi connectivity index (χ0v) is 35.7. The first-order chi connectivity index (χ1) is 32.1. The van der Waals surface area contributed by atoms with Crippen LogP contribution in [0, 0.1) is 5.41 Å². The molecular weight excluding hydrogens is 791 g/mol. The molecule has 0 N–H and O–H groups in total. The van der Waals surface area contributed by atoms with E-state index >= 15 is 0 Å². The van der Waals surface area contributed by atoms with Crippen LogP contribution in [0.4, 0.5) is 0 Å². The Kier molecular flexibility index (Phi) is 8.34. The van der Waals surface area contributed by atoms with Gasteiger partial charge in [0.2, 0.25) is 0 Å². The molecule has 11 aromatic rings. The van der Waals surface area contributed by atoms with E-state index in [1.54, 1.807) is 0 Å². The minimum Gasteiger partial charge on any atom is -0.309 e. The van der Waals surface area contributed by atoms with E-state index in [0.717, 1.165) is 39.1 Å². The third-order valence-electron chi connectivity index (χ3n) is 13.7. The summed E-state index contributed by atoms with van der Waals surface area (Å²) in [5.74, 6) is 2.07. The number of para-hydroxylation sites is 3. The van der Waals surface area contributed by atoms with E-state index in [-0.39, 0.29) is 11.3 Å². The van der Waals surface area contributed by atoms with Gasteiger partial charge < -0.3 is 9.13 Å². The highest BCUT2D eigenvalue weighted by Gasteiger charge is 2.41. The van der Waals surface area contributed by atoms with Crippen molar-refractivity contribution in [1.82, 2.24) is 24.1 Å². The Hall–Kier alpha value is -8.41. The van der Waals surface area contributed by atoms with Crippen LogP contribution in [0.1, 0.15) is 29.5 Å². The lowest BCUT2D eigenvalue weighted by Crippen LogP contribution is -2.28. The molecule has 306 valence electrons. The molecule has 0 saturated carbocycles. The monoisotopic (exact) mass is 831 g/mol. The van der Waals surface area contributed by atoms with Crippen LogP contribution in [0.3, 0.4) is 0 Å². The molecule has 3 aromatic heterocycles. The fourth-order valence-electron chi connectivity index (χ4n) is 10.6. The Labute approximate surface area is 376 Å². The van der Waals surface area contributed by atoms with E-state index in [2.05, 4.69) is 180 Å². The van der Waals surface area contributed by atoms with Gasteiger partial charge in [-0.15, -0.1) is 0 Å². The van der Waals surface area contributed by atoms with Gasteiger partial charge >= 0.3 is 0 Å². The molecule has 0 radical (unpaired) electrons. The van der Waals surface area contributed by atoms with Crippen LogP contribution >= 0.6 is 0 Å². The SMILES string of the molecule is CC12C=CC=CC1c1cc3c4ccccc4n(-c4cccc(-c5nc(-c6ccccc6)nc(-c6ccccc6)n5)c4)c3cc1C=C2c1ccc2c(c1)c1ccccc1n2-c1ccccc1. The van der Waals surface area contributed by atoms with Crippen molar-refractivity contribution in [3.05, 3.63) is 235 Å². The highest BCUT2D eigenvalue weighted by Crippen LogP contribution is 2.56. The summed E-state index contributed by atoms with van der Waals surface area (Å²) in [5.41, 5.74) is 14.6. The minimum atomic E-state index is -0.255. The lowest BCUT2D eigenvalue weighted by Gasteiger charge is -2.42. The summed E-state index contributed by atoms with van der Waals surface area (Å²) in [6.45, 7) is 2.41. The molecule has 5 heteroatoms. The van der Waals surface area contributed by atoms with E-state index in [0.29, 0.717) is 17.5 Å². The van der Waals surface area contributed by atoms with Crippen LogP contribution < -0.4 is 0 Å². The van der Waals surface area contributed by atoms with E-state index in [1.807, 2.05) is 60.7 Å². The van der Waals surface area contributed by atoms with Crippen LogP contribution in [0.15, 0.2) is 218 Å². The smallest absolute Gasteiger partial charge is 0.164 e. The van der Waals surface area contributed by atoms with E-state index < -0.39 is 0 Å². The van der Waals surface area contributed by atoms with Crippen molar-refractivity contribution < 1.29 is 0 Å². The number of nitrogens with zero attached hydrogens (tertiary/aromatic N) is 5. The summed E-state index contributed by atoms with van der Waals surface area (Å²) < 4.78 is 4.80. The first-order valence-electron chi connectivity index (χ1n) is 22.3. The Morgan fingerprint density at radius 3 is 1.63 bits per heavy atom. The highest BCUT2D eigenvalue weighted by molar-refractivity contribution is 6.12. The summed E-state index contributed by atoms with van der Waals surface area (Å²) in [6.07, 6.45) is 11.7. The molecule has 0 fully saturated rings. The van der Waals surface area contributed by atoms with Gasteiger partial charge in [0.1, 0.15) is 0 Å². The lowest BCUT2D eigenvalue weighted by molar-refractivity contribution is 0.499. The number of hydrogen-bond acceptors (Lipinski definition) is 3. The molecule has 13 rings (SSSR count). The van der Waals surface area contributed by atoms with Gasteiger partial charge in [0.05, 0.1) is 22.1 Å². The van der Waals surface area contributed by atoms with Crippen molar-refractivity contribution in [2.75, 3.05) is 0 Å². The van der Waals surface area contributed by atoms with Crippen LogP contribution in [0.5, 0.6) is 0 Å². The predicted octanol–water partition coefficient (Wildman–Crippen LogP) is 14.8. The summed E-state index contributed by atoms with van der Waals surface area (Å²) >= 11 is 0. The molecule has 0 bridgehead atoms. The first kappa shape index (κ1) is 37.2. The van der Waals surface area contributed by atoms with Crippen LogP contribution in [0.2, 0.25) is 0 Å². The maximum atomic E-state index is 5.09. The van der Waals surface area contributed by atoms with Crippen LogP contribution in [-0.2, 0) is 0 Å². The number of rotatable bonds is 6. The van der Waals surface area contributed by atoms with Gasteiger partial charge in [0, 0.05) is 60.9 Å². The van der Waals surface area contributed by atoms with Gasteiger partial charge in [-0.05, 0) is 89.0 Å². The summed E-state index contributed by atoms with van der Waals surface area (Å²) in [6, 6.07) is 69.2. The van der Waals surface area contributed by atoms with Crippen molar-refractivity contribution >= 4 is 55.3 Å². The Balaban J connectivity index is 0.996. The molecule has 0 aliphatic heterocycles. The highest BCUT2D eigenvalue weighted by atomic mass is 15.0. The van der Waals surface area contributed by atoms with E-state index in [4.69, 9.17) is 15.0 Å². The van der Waals surface area contributed by atoms with Crippen molar-refractivity contribution in [1.29, 1.82) is 0 Å². The molecule has 0 saturated heterocycles. The van der Waals surface area contributed by atoms with Gasteiger partial charge in [-0.25, -0.2) is 15.0 Å². The molecule has 2 atom stereocenters. The fraction of sp³-hybridized carbons (Fsp3) is 0.0500. The topological polar surface area (TPSA) is 48.5 Å². The first-order valence-corrected chi connectivity index (χ1v) is 22.3. The number of hydrogen-bond donors (Lipinski definition) is 0. The zero-order chi connectivity index (χ0) is 43.1. The maximum absolute atomic E-state index is 5.09. The minimum absolute atomic E-state index is 0.153. The maximum Gasteiger partial charge on any atom is 0.164 e. The second-order valence-corrected chi connectivity index (χ2v) is 17.4. The largest absolute Gasteiger partial charge is 0.309 e. The summed E-state index contributed by atoms with van der Waals surface area (Å²) in [5, 5.41) is 4.97. The van der Waals surface area contributed by atoms with Crippen LogP contribution in [0.25, 0.3) is 101 Å². The molecule has 0 spiro atoms. The van der Waals surface area contributed by atoms with Crippen molar-refractivity contribution in [2.24, 2.45) is 5.41 Å². The van der Waals surface area contributed by atoms with Gasteiger partial charge in [-0.2, -0.15) is 0 Å². The quantitative estimate of drug-likeness (QED) is 0.168. The van der Waals surface area contributed by atoms with Crippen LogP contribution in [-0.4, -0.2) is 24.1 Å². The van der Waals surface area contributed by atoms with Gasteiger partial charge in [-0.1, -0.05) is 165 Å². The third kappa shape index (κ3) is 5.89. The second-order valence-electron chi connectivity index (χ2n) is 17.4. The molecule has 8 aromatic carbocycles. The molecule has 3 heterocycles. The standard InChI is InChI=1S/C60H41N5/c1-60-33-16-15-28-51(60)48-38-50-47-27-12-14-30-54(47)65(45-25-17-22-42(34-45)59-62-57(39-18-5-2-6-19-39)61-58(63-59)40-20-7-3-8-21-40)56(50)37-43(48)36-52(60)41-31-32-55-49(35-41)46-26-11-13-29-53(46)64(55)44-23-9-4-10-24-44/h2-38,51H,1H3. The molecule has 2 aliphatic rings. The molecule has 65 heavy (non-hydrogen) atoms. The van der Waals surface area contributed by atoms with Crippen molar-refractivity contribution in [2.45, 2.75) is 12.8 Å². The van der Waals surface area contributed by atoms with Crippen molar-refractivity contribution in [3.63, 3.8) is 0 Å². The number of allylic oxidation sites excluding steroid dienone is 5.